The first-order valence-electron chi connectivity index (χ1n) is 10.2. The van der Waals surface area contributed by atoms with Crippen molar-refractivity contribution in [2.45, 2.75) is 83.7 Å². The molecular formula is C21H29BF2O2. The second kappa shape index (κ2) is 9.54. The number of aryl methyl sites for hydroxylation is 1. The Morgan fingerprint density at radius 1 is 1.04 bits per heavy atom. The van der Waals surface area contributed by atoms with Gasteiger partial charge in [0.1, 0.15) is 0 Å². The number of hydrogen-bond acceptors (Lipinski definition) is 2. The lowest BCUT2D eigenvalue weighted by atomic mass is 9.76. The molecule has 0 saturated heterocycles. The predicted octanol–water partition coefficient (Wildman–Crippen LogP) is 5.44. The smallest absolute Gasteiger partial charge is 0.536 e. The topological polar surface area (TPSA) is 18.5 Å². The molecule has 2 aliphatic carbocycles. The average Bonchev–Trinajstić information content (AvgIpc) is 2.67. The van der Waals surface area contributed by atoms with Crippen LogP contribution < -0.4 is 5.46 Å². The monoisotopic (exact) mass is 362 g/mol. The second-order valence-corrected chi connectivity index (χ2v) is 7.45. The molecule has 0 amide bonds. The molecule has 5 heteroatoms. The van der Waals surface area contributed by atoms with Crippen LogP contribution in [0, 0.1) is 11.6 Å². The van der Waals surface area contributed by atoms with Gasteiger partial charge in [0, 0.05) is 18.0 Å². The van der Waals surface area contributed by atoms with Gasteiger partial charge in [0.15, 0.2) is 11.6 Å². The highest BCUT2D eigenvalue weighted by atomic mass is 19.2. The first-order chi connectivity index (χ1) is 12.7. The zero-order valence-corrected chi connectivity index (χ0v) is 15.7. The van der Waals surface area contributed by atoms with Gasteiger partial charge in [-0.3, -0.25) is 0 Å². The molecule has 0 heterocycles. The van der Waals surface area contributed by atoms with Gasteiger partial charge < -0.3 is 9.31 Å². The maximum Gasteiger partial charge on any atom is 0.565 e. The minimum atomic E-state index is -0.868. The molecule has 26 heavy (non-hydrogen) atoms. The molecule has 0 atom stereocenters. The normalized spacial score (nSPS) is 18.5. The van der Waals surface area contributed by atoms with Crippen LogP contribution in [0.4, 0.5) is 8.78 Å². The van der Waals surface area contributed by atoms with Crippen molar-refractivity contribution < 1.29 is 18.1 Å². The summed E-state index contributed by atoms with van der Waals surface area (Å²) in [6.07, 6.45) is 12.8. The SMILES string of the molecule is CCCc1ccc(B(OC2=CCCCC2)OC2CCCCC2)c(F)c1F. The van der Waals surface area contributed by atoms with Gasteiger partial charge in [0.05, 0.1) is 5.76 Å². The van der Waals surface area contributed by atoms with Crippen molar-refractivity contribution in [1.29, 1.82) is 0 Å². The molecule has 1 aromatic carbocycles. The Kier molecular flexibility index (Phi) is 7.12. The largest absolute Gasteiger partial charge is 0.565 e. The van der Waals surface area contributed by atoms with E-state index in [4.69, 9.17) is 9.31 Å². The summed E-state index contributed by atoms with van der Waals surface area (Å²) >= 11 is 0. The number of allylic oxidation sites excluding steroid dienone is 2. The van der Waals surface area contributed by atoms with Crippen LogP contribution in [0.25, 0.3) is 0 Å². The van der Waals surface area contributed by atoms with Gasteiger partial charge in [-0.25, -0.2) is 8.78 Å². The summed E-state index contributed by atoms with van der Waals surface area (Å²) in [6.45, 7) is 1.96. The first-order valence-corrected chi connectivity index (χ1v) is 10.2. The van der Waals surface area contributed by atoms with Crippen molar-refractivity contribution in [1.82, 2.24) is 0 Å². The van der Waals surface area contributed by atoms with E-state index >= 15 is 0 Å². The zero-order valence-electron chi connectivity index (χ0n) is 15.7. The van der Waals surface area contributed by atoms with Crippen LogP contribution in [0.5, 0.6) is 0 Å². The van der Waals surface area contributed by atoms with E-state index in [2.05, 4.69) is 6.08 Å². The molecule has 0 unspecified atom stereocenters. The lowest BCUT2D eigenvalue weighted by Crippen LogP contribution is -2.43. The minimum absolute atomic E-state index is 0.0516. The summed E-state index contributed by atoms with van der Waals surface area (Å²) in [7, 11) is -0.868. The lowest BCUT2D eigenvalue weighted by molar-refractivity contribution is 0.123. The van der Waals surface area contributed by atoms with Crippen LogP contribution in [0.3, 0.4) is 0 Å². The summed E-state index contributed by atoms with van der Waals surface area (Å²) in [5.41, 5.74) is 0.599. The highest BCUT2D eigenvalue weighted by Gasteiger charge is 2.33. The molecule has 2 nitrogen and oxygen atoms in total. The summed E-state index contributed by atoms with van der Waals surface area (Å²) in [5.74, 6) is -0.745. The van der Waals surface area contributed by atoms with E-state index in [0.29, 0.717) is 12.0 Å². The maximum atomic E-state index is 14.8. The van der Waals surface area contributed by atoms with Crippen LogP contribution in [0.1, 0.15) is 76.7 Å². The van der Waals surface area contributed by atoms with Gasteiger partial charge in [-0.15, -0.1) is 0 Å². The Bertz CT molecular complexity index is 627. The lowest BCUT2D eigenvalue weighted by Gasteiger charge is -2.27. The van der Waals surface area contributed by atoms with Gasteiger partial charge in [-0.2, -0.15) is 0 Å². The zero-order chi connectivity index (χ0) is 18.4. The number of rotatable bonds is 7. The van der Waals surface area contributed by atoms with Crippen LogP contribution in [0.2, 0.25) is 0 Å². The van der Waals surface area contributed by atoms with E-state index in [1.807, 2.05) is 6.92 Å². The minimum Gasteiger partial charge on any atom is -0.536 e. The molecule has 3 rings (SSSR count). The third-order valence-electron chi connectivity index (χ3n) is 5.34. The summed E-state index contributed by atoms with van der Waals surface area (Å²) in [5, 5.41) is 0. The molecule has 1 fully saturated rings. The number of benzene rings is 1. The van der Waals surface area contributed by atoms with E-state index in [0.717, 1.165) is 63.5 Å². The van der Waals surface area contributed by atoms with E-state index in [1.54, 1.807) is 12.1 Å². The molecule has 0 spiro atoms. The average molecular weight is 362 g/mol. The van der Waals surface area contributed by atoms with E-state index in [9.17, 15) is 8.78 Å². The molecule has 0 radical (unpaired) electrons. The fraction of sp³-hybridized carbons (Fsp3) is 0.619. The maximum absolute atomic E-state index is 14.8. The summed E-state index contributed by atoms with van der Waals surface area (Å²) in [4.78, 5) is 0. The van der Waals surface area contributed by atoms with Crippen molar-refractivity contribution in [3.05, 3.63) is 41.2 Å². The molecule has 2 aliphatic rings. The summed E-state index contributed by atoms with van der Waals surface area (Å²) in [6, 6.07) is 3.31. The van der Waals surface area contributed by atoms with Crippen LogP contribution in [0.15, 0.2) is 24.0 Å². The van der Waals surface area contributed by atoms with Gasteiger partial charge >= 0.3 is 7.12 Å². The molecule has 0 aromatic heterocycles. The van der Waals surface area contributed by atoms with E-state index in [1.165, 1.54) is 6.42 Å². The Balaban J connectivity index is 1.83. The van der Waals surface area contributed by atoms with Crippen LogP contribution >= 0.6 is 0 Å². The fourth-order valence-corrected chi connectivity index (χ4v) is 3.84. The molecule has 0 bridgehead atoms. The molecule has 0 N–H and O–H groups in total. The Morgan fingerprint density at radius 3 is 2.54 bits per heavy atom. The van der Waals surface area contributed by atoms with Gasteiger partial charge in [0.25, 0.3) is 0 Å². The third-order valence-corrected chi connectivity index (χ3v) is 5.34. The van der Waals surface area contributed by atoms with E-state index in [-0.39, 0.29) is 11.6 Å². The van der Waals surface area contributed by atoms with Gasteiger partial charge in [-0.1, -0.05) is 44.7 Å². The van der Waals surface area contributed by atoms with Crippen molar-refractivity contribution >= 4 is 12.6 Å². The molecule has 142 valence electrons. The third kappa shape index (κ3) is 4.88. The quantitative estimate of drug-likeness (QED) is 0.602. The number of halogens is 2. The van der Waals surface area contributed by atoms with Crippen molar-refractivity contribution in [2.24, 2.45) is 0 Å². The summed E-state index contributed by atoms with van der Waals surface area (Å²) < 4.78 is 41.4. The molecular weight excluding hydrogens is 333 g/mol. The highest BCUT2D eigenvalue weighted by Crippen LogP contribution is 2.24. The Morgan fingerprint density at radius 2 is 1.85 bits per heavy atom. The fourth-order valence-electron chi connectivity index (χ4n) is 3.84. The predicted molar refractivity (Wildman–Crippen MR) is 101 cm³/mol. The van der Waals surface area contributed by atoms with Crippen molar-refractivity contribution in [3.63, 3.8) is 0 Å². The second-order valence-electron chi connectivity index (χ2n) is 7.45. The highest BCUT2D eigenvalue weighted by molar-refractivity contribution is 6.61. The molecule has 1 saturated carbocycles. The van der Waals surface area contributed by atoms with Crippen molar-refractivity contribution in [3.8, 4) is 0 Å². The Hall–Kier alpha value is -1.36. The van der Waals surface area contributed by atoms with Gasteiger partial charge in [-0.05, 0) is 50.2 Å². The van der Waals surface area contributed by atoms with E-state index < -0.39 is 18.8 Å². The van der Waals surface area contributed by atoms with Crippen LogP contribution in [-0.4, -0.2) is 13.2 Å². The van der Waals surface area contributed by atoms with Crippen LogP contribution in [-0.2, 0) is 15.7 Å². The number of hydrogen-bond donors (Lipinski definition) is 0. The molecule has 1 aromatic rings. The standard InChI is InChI=1S/C21H29BF2O2/c1-2-9-16-14-15-19(21(24)20(16)23)22(25-17-10-5-3-6-11-17)26-18-12-7-4-8-13-18/h10,14-15,18H,2-9,11-13H2,1H3. The van der Waals surface area contributed by atoms with Gasteiger partial charge in [0.2, 0.25) is 0 Å². The first kappa shape index (κ1) is 19.4. The Labute approximate surface area is 156 Å². The molecule has 0 aliphatic heterocycles. The van der Waals surface area contributed by atoms with Crippen molar-refractivity contribution in [2.75, 3.05) is 0 Å².